The molecule has 0 unspecified atom stereocenters. The smallest absolute Gasteiger partial charge is 0.270 e. The van der Waals surface area contributed by atoms with Crippen LogP contribution in [-0.4, -0.2) is 48.0 Å². The molecule has 2 aromatic rings. The monoisotopic (exact) mass is 327 g/mol. The van der Waals surface area contributed by atoms with E-state index in [1.165, 1.54) is 11.9 Å². The molecule has 0 spiro atoms. The van der Waals surface area contributed by atoms with E-state index in [1.54, 1.807) is 6.07 Å². The fraction of sp³-hybridized carbons (Fsp3) is 0.389. The first-order valence-corrected chi connectivity index (χ1v) is 8.05. The molecule has 1 aromatic heterocycles. The number of carbonyl (C=O) groups excluding carboxylic acids is 1. The van der Waals surface area contributed by atoms with Gasteiger partial charge in [0.2, 0.25) is 0 Å². The highest BCUT2D eigenvalue weighted by molar-refractivity contribution is 5.92. The van der Waals surface area contributed by atoms with Gasteiger partial charge < -0.3 is 15.5 Å². The van der Waals surface area contributed by atoms with E-state index in [1.807, 2.05) is 33.2 Å². The molecule has 6 nitrogen and oxygen atoms in total. The van der Waals surface area contributed by atoms with Crippen LogP contribution >= 0.6 is 0 Å². The Morgan fingerprint density at radius 2 is 1.96 bits per heavy atom. The number of nitrogens with zero attached hydrogens (tertiary/aromatic N) is 3. The van der Waals surface area contributed by atoms with Gasteiger partial charge in [0.05, 0.1) is 0 Å². The minimum absolute atomic E-state index is 0.181. The van der Waals surface area contributed by atoms with E-state index in [4.69, 9.17) is 0 Å². The molecule has 2 N–H and O–H groups in total. The molecule has 1 aromatic carbocycles. The molecule has 128 valence electrons. The first-order valence-electron chi connectivity index (χ1n) is 8.05. The van der Waals surface area contributed by atoms with Crippen LogP contribution in [-0.2, 0) is 0 Å². The van der Waals surface area contributed by atoms with E-state index in [2.05, 4.69) is 38.5 Å². The van der Waals surface area contributed by atoms with Gasteiger partial charge in [-0.05, 0) is 52.5 Å². The number of hydrogen-bond acceptors (Lipinski definition) is 5. The summed E-state index contributed by atoms with van der Waals surface area (Å²) in [6.07, 6.45) is 2.30. The summed E-state index contributed by atoms with van der Waals surface area (Å²) in [5.74, 6) is 0.426. The zero-order valence-electron chi connectivity index (χ0n) is 14.8. The highest BCUT2D eigenvalue weighted by atomic mass is 16.1. The van der Waals surface area contributed by atoms with Gasteiger partial charge in [-0.3, -0.25) is 4.79 Å². The van der Waals surface area contributed by atoms with Gasteiger partial charge >= 0.3 is 0 Å². The van der Waals surface area contributed by atoms with E-state index < -0.39 is 0 Å². The van der Waals surface area contributed by atoms with Gasteiger partial charge in [-0.15, -0.1) is 0 Å². The quantitative estimate of drug-likeness (QED) is 0.765. The summed E-state index contributed by atoms with van der Waals surface area (Å²) in [7, 11) is 4.02. The summed E-state index contributed by atoms with van der Waals surface area (Å²) >= 11 is 0. The topological polar surface area (TPSA) is 70.2 Å². The second-order valence-corrected chi connectivity index (χ2v) is 6.14. The van der Waals surface area contributed by atoms with Crippen molar-refractivity contribution in [3.8, 4) is 0 Å². The summed E-state index contributed by atoms with van der Waals surface area (Å²) < 4.78 is 0. The summed E-state index contributed by atoms with van der Waals surface area (Å²) in [5, 5.41) is 6.12. The number of benzene rings is 1. The molecule has 0 bridgehead atoms. The molecule has 0 aliphatic rings. The van der Waals surface area contributed by atoms with Crippen LogP contribution in [0.15, 0.2) is 30.6 Å². The maximum Gasteiger partial charge on any atom is 0.270 e. The van der Waals surface area contributed by atoms with E-state index >= 15 is 0 Å². The Morgan fingerprint density at radius 1 is 1.17 bits per heavy atom. The van der Waals surface area contributed by atoms with Crippen molar-refractivity contribution in [2.45, 2.75) is 20.3 Å². The predicted octanol–water partition coefficient (Wildman–Crippen LogP) is 2.52. The number of rotatable bonds is 7. The van der Waals surface area contributed by atoms with Crippen LogP contribution in [0.4, 0.5) is 11.5 Å². The van der Waals surface area contributed by atoms with Crippen LogP contribution in [0.5, 0.6) is 0 Å². The van der Waals surface area contributed by atoms with Crippen molar-refractivity contribution in [3.05, 3.63) is 47.4 Å². The minimum Gasteiger partial charge on any atom is -0.351 e. The van der Waals surface area contributed by atoms with Crippen molar-refractivity contribution >= 4 is 17.4 Å². The number of amides is 1. The summed E-state index contributed by atoms with van der Waals surface area (Å²) in [5.41, 5.74) is 3.67. The predicted molar refractivity (Wildman–Crippen MR) is 96.7 cm³/mol. The number of aromatic nitrogens is 2. The average molecular weight is 327 g/mol. The van der Waals surface area contributed by atoms with Gasteiger partial charge in [0.1, 0.15) is 17.8 Å². The maximum absolute atomic E-state index is 12.2. The number of anilines is 2. The van der Waals surface area contributed by atoms with Crippen LogP contribution in [0.1, 0.15) is 28.0 Å². The standard InChI is InChI=1S/C18H25N5O/c1-13-6-7-15(14(2)10-13)22-17-11-16(20-12-21-17)18(24)19-8-5-9-23(3)4/h6-7,10-12H,5,8-9H2,1-4H3,(H,19,24)(H,20,21,22). The van der Waals surface area contributed by atoms with Crippen molar-refractivity contribution in [2.75, 3.05) is 32.5 Å². The molecule has 6 heteroatoms. The molecule has 0 atom stereocenters. The highest BCUT2D eigenvalue weighted by Crippen LogP contribution is 2.20. The highest BCUT2D eigenvalue weighted by Gasteiger charge is 2.09. The molecule has 0 fully saturated rings. The van der Waals surface area contributed by atoms with Crippen molar-refractivity contribution in [1.82, 2.24) is 20.2 Å². The molecule has 0 aliphatic carbocycles. The fourth-order valence-electron chi connectivity index (χ4n) is 2.33. The first kappa shape index (κ1) is 17.9. The SMILES string of the molecule is Cc1ccc(Nc2cc(C(=O)NCCCN(C)C)ncn2)c(C)c1. The molecular weight excluding hydrogens is 302 g/mol. The molecular formula is C18H25N5O. The molecule has 0 saturated heterocycles. The van der Waals surface area contributed by atoms with Gasteiger partial charge in [0, 0.05) is 18.3 Å². The molecule has 0 radical (unpaired) electrons. The Hall–Kier alpha value is -2.47. The normalized spacial score (nSPS) is 10.7. The lowest BCUT2D eigenvalue weighted by atomic mass is 10.1. The van der Waals surface area contributed by atoms with E-state index in [0.29, 0.717) is 18.1 Å². The van der Waals surface area contributed by atoms with E-state index in [9.17, 15) is 4.79 Å². The molecule has 24 heavy (non-hydrogen) atoms. The van der Waals surface area contributed by atoms with Gasteiger partial charge in [0.15, 0.2) is 0 Å². The second kappa shape index (κ2) is 8.40. The lowest BCUT2D eigenvalue weighted by Crippen LogP contribution is -2.27. The fourth-order valence-corrected chi connectivity index (χ4v) is 2.33. The van der Waals surface area contributed by atoms with Crippen molar-refractivity contribution in [1.29, 1.82) is 0 Å². The first-order chi connectivity index (χ1) is 11.5. The Balaban J connectivity index is 1.99. The number of hydrogen-bond donors (Lipinski definition) is 2. The third-order valence-electron chi connectivity index (χ3n) is 3.61. The van der Waals surface area contributed by atoms with Crippen LogP contribution in [0, 0.1) is 13.8 Å². The third kappa shape index (κ3) is 5.31. The van der Waals surface area contributed by atoms with Crippen molar-refractivity contribution in [3.63, 3.8) is 0 Å². The molecule has 0 saturated carbocycles. The Bertz CT molecular complexity index is 700. The molecule has 2 rings (SSSR count). The largest absolute Gasteiger partial charge is 0.351 e. The second-order valence-electron chi connectivity index (χ2n) is 6.14. The minimum atomic E-state index is -0.181. The third-order valence-corrected chi connectivity index (χ3v) is 3.61. The number of aryl methyl sites for hydroxylation is 2. The van der Waals surface area contributed by atoms with Crippen LogP contribution < -0.4 is 10.6 Å². The Kier molecular flexibility index (Phi) is 6.26. The lowest BCUT2D eigenvalue weighted by Gasteiger charge is -2.11. The van der Waals surface area contributed by atoms with Crippen LogP contribution in [0.2, 0.25) is 0 Å². The summed E-state index contributed by atoms with van der Waals surface area (Å²) in [6, 6.07) is 7.81. The zero-order valence-corrected chi connectivity index (χ0v) is 14.8. The van der Waals surface area contributed by atoms with E-state index in [0.717, 1.165) is 24.2 Å². The van der Waals surface area contributed by atoms with Crippen LogP contribution in [0.25, 0.3) is 0 Å². The van der Waals surface area contributed by atoms with Gasteiger partial charge in [-0.2, -0.15) is 0 Å². The van der Waals surface area contributed by atoms with Crippen LogP contribution in [0.3, 0.4) is 0 Å². The van der Waals surface area contributed by atoms with Gasteiger partial charge in [-0.25, -0.2) is 9.97 Å². The van der Waals surface area contributed by atoms with E-state index in [-0.39, 0.29) is 5.91 Å². The van der Waals surface area contributed by atoms with Crippen molar-refractivity contribution < 1.29 is 4.79 Å². The number of nitrogens with one attached hydrogen (secondary N) is 2. The maximum atomic E-state index is 12.2. The molecule has 0 aliphatic heterocycles. The zero-order chi connectivity index (χ0) is 17.5. The lowest BCUT2D eigenvalue weighted by molar-refractivity contribution is 0.0947. The summed E-state index contributed by atoms with van der Waals surface area (Å²) in [6.45, 7) is 5.65. The van der Waals surface area contributed by atoms with Gasteiger partial charge in [-0.1, -0.05) is 17.7 Å². The summed E-state index contributed by atoms with van der Waals surface area (Å²) in [4.78, 5) is 22.5. The Labute approximate surface area is 143 Å². The van der Waals surface area contributed by atoms with Crippen molar-refractivity contribution in [2.24, 2.45) is 0 Å². The van der Waals surface area contributed by atoms with Gasteiger partial charge in [0.25, 0.3) is 5.91 Å². The Morgan fingerprint density at radius 3 is 2.67 bits per heavy atom. The average Bonchev–Trinajstić information content (AvgIpc) is 2.54. The molecule has 1 amide bonds. The number of carbonyl (C=O) groups is 1. The molecule has 1 heterocycles.